The SMILES string of the molecule is O=C(O)CNC(=O)O.[Cl-].[Na+]. The predicted octanol–water partition coefficient (Wildman–Crippen LogP) is -6.65. The van der Waals surface area contributed by atoms with Crippen molar-refractivity contribution < 1.29 is 61.8 Å². The molecule has 0 heterocycles. The molecule has 3 N–H and O–H groups in total. The number of halogens is 1. The summed E-state index contributed by atoms with van der Waals surface area (Å²) in [5.74, 6) is -1.19. The van der Waals surface area contributed by atoms with E-state index in [2.05, 4.69) is 0 Å². The number of carboxylic acids is 1. The van der Waals surface area contributed by atoms with Crippen molar-refractivity contribution in [2.75, 3.05) is 6.54 Å². The van der Waals surface area contributed by atoms with E-state index in [0.29, 0.717) is 0 Å². The largest absolute Gasteiger partial charge is 1.00 e. The van der Waals surface area contributed by atoms with Gasteiger partial charge in [-0.3, -0.25) is 4.79 Å². The van der Waals surface area contributed by atoms with E-state index >= 15 is 0 Å². The Hall–Kier alpha value is 0.0300. The summed E-state index contributed by atoms with van der Waals surface area (Å²) in [6.45, 7) is -0.546. The van der Waals surface area contributed by atoms with Gasteiger partial charge in [-0.1, -0.05) is 0 Å². The Labute approximate surface area is 85.5 Å². The second-order valence-electron chi connectivity index (χ2n) is 1.05. The molecular formula is C3H5ClNNaO4. The Morgan fingerprint density at radius 2 is 1.70 bits per heavy atom. The number of carboxylic acid groups (broad SMARTS) is 2. The van der Waals surface area contributed by atoms with Crippen LogP contribution in [0.3, 0.4) is 0 Å². The third-order valence-electron chi connectivity index (χ3n) is 0.391. The Morgan fingerprint density at radius 1 is 1.30 bits per heavy atom. The summed E-state index contributed by atoms with van der Waals surface area (Å²) in [6, 6.07) is 0. The number of rotatable bonds is 2. The van der Waals surface area contributed by atoms with Gasteiger partial charge in [-0.05, 0) is 0 Å². The molecule has 0 aliphatic rings. The molecule has 54 valence electrons. The van der Waals surface area contributed by atoms with E-state index in [4.69, 9.17) is 10.2 Å². The van der Waals surface area contributed by atoms with Crippen LogP contribution in [-0.4, -0.2) is 28.8 Å². The Morgan fingerprint density at radius 3 is 1.80 bits per heavy atom. The maximum atomic E-state index is 9.58. The maximum Gasteiger partial charge on any atom is 1.00 e. The summed E-state index contributed by atoms with van der Waals surface area (Å²) in [7, 11) is 0. The molecule has 0 fully saturated rings. The van der Waals surface area contributed by atoms with E-state index in [-0.39, 0.29) is 42.0 Å². The molecule has 5 nitrogen and oxygen atoms in total. The van der Waals surface area contributed by atoms with Crippen LogP contribution in [0, 0.1) is 0 Å². The molecule has 0 aromatic heterocycles. The van der Waals surface area contributed by atoms with Gasteiger partial charge < -0.3 is 27.9 Å². The first-order valence-corrected chi connectivity index (χ1v) is 1.81. The maximum absolute atomic E-state index is 9.58. The molecule has 7 heteroatoms. The minimum atomic E-state index is -1.33. The average molecular weight is 178 g/mol. The summed E-state index contributed by atoms with van der Waals surface area (Å²) in [5, 5.41) is 17.3. The first-order chi connectivity index (χ1) is 3.63. The van der Waals surface area contributed by atoms with Gasteiger partial charge >= 0.3 is 41.6 Å². The first-order valence-electron chi connectivity index (χ1n) is 1.81. The summed E-state index contributed by atoms with van der Waals surface area (Å²) in [4.78, 5) is 19.1. The van der Waals surface area contributed by atoms with Crippen molar-refractivity contribution in [3.05, 3.63) is 0 Å². The zero-order chi connectivity index (χ0) is 6.57. The molecule has 0 bridgehead atoms. The van der Waals surface area contributed by atoms with Gasteiger partial charge in [-0.15, -0.1) is 0 Å². The average Bonchev–Trinajstić information content (AvgIpc) is 1.61. The third-order valence-corrected chi connectivity index (χ3v) is 0.391. The van der Waals surface area contributed by atoms with Crippen molar-refractivity contribution in [1.82, 2.24) is 5.32 Å². The molecule has 0 saturated heterocycles. The van der Waals surface area contributed by atoms with Crippen molar-refractivity contribution in [3.63, 3.8) is 0 Å². The fraction of sp³-hybridized carbons (Fsp3) is 0.333. The topological polar surface area (TPSA) is 86.6 Å². The molecule has 0 rings (SSSR count). The summed E-state index contributed by atoms with van der Waals surface area (Å²) < 4.78 is 0. The van der Waals surface area contributed by atoms with E-state index in [9.17, 15) is 9.59 Å². The van der Waals surface area contributed by atoms with E-state index in [1.807, 2.05) is 0 Å². The van der Waals surface area contributed by atoms with Crippen LogP contribution < -0.4 is 47.3 Å². The number of hydrogen-bond acceptors (Lipinski definition) is 2. The van der Waals surface area contributed by atoms with Crippen LogP contribution in [0.4, 0.5) is 4.79 Å². The van der Waals surface area contributed by atoms with Crippen molar-refractivity contribution in [3.8, 4) is 0 Å². The van der Waals surface area contributed by atoms with Crippen LogP contribution >= 0.6 is 0 Å². The van der Waals surface area contributed by atoms with Crippen LogP contribution in [0.1, 0.15) is 0 Å². The zero-order valence-electron chi connectivity index (χ0n) is 5.30. The van der Waals surface area contributed by atoms with Gasteiger partial charge in [0.1, 0.15) is 6.54 Å². The second-order valence-corrected chi connectivity index (χ2v) is 1.05. The van der Waals surface area contributed by atoms with Crippen molar-refractivity contribution >= 4 is 12.1 Å². The van der Waals surface area contributed by atoms with Crippen molar-refractivity contribution in [1.29, 1.82) is 0 Å². The van der Waals surface area contributed by atoms with Crippen LogP contribution in [0.5, 0.6) is 0 Å². The summed E-state index contributed by atoms with van der Waals surface area (Å²) >= 11 is 0. The number of hydrogen-bond donors (Lipinski definition) is 3. The molecule has 0 spiro atoms. The van der Waals surface area contributed by atoms with E-state index in [1.165, 1.54) is 0 Å². The minimum Gasteiger partial charge on any atom is -1.00 e. The van der Waals surface area contributed by atoms with Gasteiger partial charge in [0, 0.05) is 0 Å². The standard InChI is InChI=1S/C3H5NO4.ClH.Na/c5-2(6)1-4-3(7)8;;/h4H,1H2,(H,5,6)(H,7,8);1H;/q;;+1/p-1. The van der Waals surface area contributed by atoms with Gasteiger partial charge in [0.2, 0.25) is 0 Å². The van der Waals surface area contributed by atoms with Crippen molar-refractivity contribution in [2.24, 2.45) is 0 Å². The van der Waals surface area contributed by atoms with Crippen LogP contribution in [0.2, 0.25) is 0 Å². The van der Waals surface area contributed by atoms with Crippen molar-refractivity contribution in [2.45, 2.75) is 0 Å². The first kappa shape index (κ1) is 16.5. The van der Waals surface area contributed by atoms with Gasteiger partial charge in [-0.25, -0.2) is 4.79 Å². The molecule has 0 atom stereocenters. The zero-order valence-corrected chi connectivity index (χ0v) is 8.05. The van der Waals surface area contributed by atoms with Gasteiger partial charge in [-0.2, -0.15) is 0 Å². The molecule has 0 aliphatic heterocycles. The van der Waals surface area contributed by atoms with E-state index in [1.54, 1.807) is 5.32 Å². The Kier molecular flexibility index (Phi) is 14.9. The molecule has 0 radical (unpaired) electrons. The molecule has 0 aliphatic carbocycles. The molecule has 0 aromatic carbocycles. The number of amides is 1. The fourth-order valence-electron chi connectivity index (χ4n) is 0.151. The summed E-state index contributed by atoms with van der Waals surface area (Å²) in [6.07, 6.45) is -1.33. The fourth-order valence-corrected chi connectivity index (χ4v) is 0.151. The smallest absolute Gasteiger partial charge is 1.00 e. The molecular weight excluding hydrogens is 172 g/mol. The number of aliphatic carboxylic acids is 1. The predicted molar refractivity (Wildman–Crippen MR) is 23.7 cm³/mol. The Bertz CT molecular complexity index is 105. The van der Waals surface area contributed by atoms with Crippen LogP contribution in [0.25, 0.3) is 0 Å². The molecule has 0 saturated carbocycles. The Balaban J connectivity index is -0.000000245. The van der Waals surface area contributed by atoms with Crippen LogP contribution in [-0.2, 0) is 4.79 Å². The van der Waals surface area contributed by atoms with E-state index in [0.717, 1.165) is 0 Å². The quantitative estimate of drug-likeness (QED) is 0.366. The van der Waals surface area contributed by atoms with Crippen LogP contribution in [0.15, 0.2) is 0 Å². The van der Waals surface area contributed by atoms with E-state index < -0.39 is 18.6 Å². The number of nitrogens with one attached hydrogen (secondary N) is 1. The molecule has 10 heavy (non-hydrogen) atoms. The monoisotopic (exact) mass is 177 g/mol. The molecule has 0 aromatic rings. The molecule has 0 unspecified atom stereocenters. The van der Waals surface area contributed by atoms with Gasteiger partial charge in [0.15, 0.2) is 0 Å². The number of carbonyl (C=O) groups is 2. The second kappa shape index (κ2) is 9.03. The van der Waals surface area contributed by atoms with Gasteiger partial charge in [0.05, 0.1) is 0 Å². The third kappa shape index (κ3) is 15.7. The minimum absolute atomic E-state index is 0. The summed E-state index contributed by atoms with van der Waals surface area (Å²) in [5.41, 5.74) is 0. The molecule has 1 amide bonds. The van der Waals surface area contributed by atoms with Gasteiger partial charge in [0.25, 0.3) is 0 Å². The normalized spacial score (nSPS) is 6.40.